The van der Waals surface area contributed by atoms with Gasteiger partial charge in [0.05, 0.1) is 12.6 Å². The van der Waals surface area contributed by atoms with Gasteiger partial charge in [-0.3, -0.25) is 4.79 Å². The molecule has 170 valence electrons. The van der Waals surface area contributed by atoms with Gasteiger partial charge in [0.25, 0.3) is 5.91 Å². The molecule has 0 bridgehead atoms. The molecule has 0 saturated carbocycles. The van der Waals surface area contributed by atoms with Gasteiger partial charge < -0.3 is 14.7 Å². The Bertz CT molecular complexity index is 1160. The van der Waals surface area contributed by atoms with Gasteiger partial charge in [-0.1, -0.05) is 66.2 Å². The predicted octanol–water partition coefficient (Wildman–Crippen LogP) is 5.62. The lowest BCUT2D eigenvalue weighted by Gasteiger charge is -2.31. The molecule has 5 nitrogen and oxygen atoms in total. The van der Waals surface area contributed by atoms with Crippen LogP contribution in [0, 0.1) is 12.8 Å². The summed E-state index contributed by atoms with van der Waals surface area (Å²) >= 11 is 6.49. The normalized spacial score (nSPS) is 20.1. The lowest BCUT2D eigenvalue weighted by molar-refractivity contribution is -0.141. The van der Waals surface area contributed by atoms with Gasteiger partial charge in [0.1, 0.15) is 6.04 Å². The highest BCUT2D eigenvalue weighted by atomic mass is 35.5. The molecule has 3 aromatic carbocycles. The van der Waals surface area contributed by atoms with Crippen molar-refractivity contribution in [2.24, 2.45) is 5.92 Å². The largest absolute Gasteiger partial charge is 0.480 e. The van der Waals surface area contributed by atoms with E-state index >= 15 is 0 Å². The van der Waals surface area contributed by atoms with Crippen LogP contribution in [0.5, 0.6) is 0 Å². The van der Waals surface area contributed by atoms with Crippen LogP contribution in [0.25, 0.3) is 11.1 Å². The van der Waals surface area contributed by atoms with E-state index in [0.717, 1.165) is 22.3 Å². The van der Waals surface area contributed by atoms with Crippen molar-refractivity contribution in [3.8, 4) is 11.1 Å². The Morgan fingerprint density at radius 3 is 2.33 bits per heavy atom. The number of carboxylic acids is 1. The Hall–Kier alpha value is -3.15. The number of methoxy groups -OCH3 is 1. The number of rotatable bonds is 6. The van der Waals surface area contributed by atoms with Crippen LogP contribution in [0.4, 0.5) is 0 Å². The van der Waals surface area contributed by atoms with E-state index in [0.29, 0.717) is 23.6 Å². The van der Waals surface area contributed by atoms with E-state index in [4.69, 9.17) is 16.3 Å². The molecule has 1 aliphatic heterocycles. The van der Waals surface area contributed by atoms with Gasteiger partial charge in [-0.15, -0.1) is 0 Å². The van der Waals surface area contributed by atoms with Crippen LogP contribution < -0.4 is 0 Å². The number of hydrogen-bond donors (Lipinski definition) is 1. The predicted molar refractivity (Wildman–Crippen MR) is 128 cm³/mol. The molecule has 1 N–H and O–H groups in total. The number of carboxylic acid groups (broad SMARTS) is 1. The van der Waals surface area contributed by atoms with Crippen LogP contribution >= 0.6 is 11.6 Å². The van der Waals surface area contributed by atoms with E-state index < -0.39 is 18.1 Å². The summed E-state index contributed by atoms with van der Waals surface area (Å²) in [5.41, 5.74) is 4.41. The molecule has 0 aromatic heterocycles. The number of aliphatic carboxylic acids is 1. The number of likely N-dealkylation sites (tertiary alicyclic amines) is 1. The second kappa shape index (κ2) is 9.77. The number of carbonyl (C=O) groups excluding carboxylic acids is 1. The van der Waals surface area contributed by atoms with Crippen LogP contribution in [0.3, 0.4) is 0 Å². The van der Waals surface area contributed by atoms with Crippen LogP contribution in [-0.2, 0) is 9.53 Å². The highest BCUT2D eigenvalue weighted by Crippen LogP contribution is 2.44. The number of aryl methyl sites for hydroxylation is 1. The van der Waals surface area contributed by atoms with Crippen molar-refractivity contribution < 1.29 is 19.4 Å². The van der Waals surface area contributed by atoms with E-state index in [1.165, 1.54) is 4.90 Å². The maximum atomic E-state index is 13.7. The molecular weight excluding hydrogens is 438 g/mol. The molecule has 4 rings (SSSR count). The summed E-state index contributed by atoms with van der Waals surface area (Å²) < 4.78 is 5.38. The third kappa shape index (κ3) is 4.52. The molecule has 0 spiro atoms. The molecule has 3 aromatic rings. The second-order valence-electron chi connectivity index (χ2n) is 8.38. The van der Waals surface area contributed by atoms with Crippen molar-refractivity contribution in [3.63, 3.8) is 0 Å². The van der Waals surface area contributed by atoms with Crippen molar-refractivity contribution in [3.05, 3.63) is 94.5 Å². The topological polar surface area (TPSA) is 66.8 Å². The first-order valence-electron chi connectivity index (χ1n) is 10.9. The van der Waals surface area contributed by atoms with E-state index in [1.807, 2.05) is 61.5 Å². The lowest BCUT2D eigenvalue weighted by atomic mass is 9.93. The lowest BCUT2D eigenvalue weighted by Crippen LogP contribution is -2.42. The van der Waals surface area contributed by atoms with Crippen LogP contribution in [0.15, 0.2) is 72.8 Å². The van der Waals surface area contributed by atoms with E-state index in [9.17, 15) is 14.7 Å². The average molecular weight is 464 g/mol. The molecule has 1 aliphatic rings. The molecule has 33 heavy (non-hydrogen) atoms. The van der Waals surface area contributed by atoms with Gasteiger partial charge in [0, 0.05) is 23.6 Å². The van der Waals surface area contributed by atoms with Crippen LogP contribution in [0.1, 0.15) is 33.9 Å². The summed E-state index contributed by atoms with van der Waals surface area (Å²) in [5.74, 6) is -1.55. The molecule has 1 saturated heterocycles. The number of hydrogen-bond acceptors (Lipinski definition) is 3. The molecule has 0 radical (unpaired) electrons. The summed E-state index contributed by atoms with van der Waals surface area (Å²) in [6.45, 7) is 2.37. The fourth-order valence-corrected chi connectivity index (χ4v) is 5.02. The second-order valence-corrected chi connectivity index (χ2v) is 8.78. The third-order valence-corrected chi connectivity index (χ3v) is 6.66. The summed E-state index contributed by atoms with van der Waals surface area (Å²) in [6, 6.07) is 21.2. The maximum absolute atomic E-state index is 13.7. The van der Waals surface area contributed by atoms with Gasteiger partial charge in [0.2, 0.25) is 0 Å². The molecular formula is C27H26ClNO4. The summed E-state index contributed by atoms with van der Waals surface area (Å²) in [5, 5.41) is 10.5. The first-order chi connectivity index (χ1) is 15.9. The van der Waals surface area contributed by atoms with E-state index in [-0.39, 0.29) is 11.8 Å². The minimum Gasteiger partial charge on any atom is -0.480 e. The molecule has 1 fully saturated rings. The Morgan fingerprint density at radius 1 is 1.03 bits per heavy atom. The minimum atomic E-state index is -1.03. The molecule has 0 unspecified atom stereocenters. The first-order valence-corrected chi connectivity index (χ1v) is 11.2. The van der Waals surface area contributed by atoms with Gasteiger partial charge >= 0.3 is 5.97 Å². The number of halogens is 1. The Morgan fingerprint density at radius 2 is 1.70 bits per heavy atom. The van der Waals surface area contributed by atoms with Crippen molar-refractivity contribution in [2.75, 3.05) is 13.7 Å². The molecule has 6 heteroatoms. The Kier molecular flexibility index (Phi) is 6.82. The van der Waals surface area contributed by atoms with Crippen LogP contribution in [0.2, 0.25) is 5.02 Å². The smallest absolute Gasteiger partial charge is 0.326 e. The molecule has 1 heterocycles. The first kappa shape index (κ1) is 23.0. The molecule has 1 amide bonds. The number of benzene rings is 3. The van der Waals surface area contributed by atoms with Gasteiger partial charge in [-0.25, -0.2) is 4.79 Å². The maximum Gasteiger partial charge on any atom is 0.326 e. The number of amides is 1. The summed E-state index contributed by atoms with van der Waals surface area (Å²) in [6.07, 6.45) is 0.298. The fourth-order valence-electron chi connectivity index (χ4n) is 4.77. The Balaban J connectivity index is 1.73. The zero-order valence-corrected chi connectivity index (χ0v) is 19.3. The van der Waals surface area contributed by atoms with Gasteiger partial charge in [0.15, 0.2) is 0 Å². The van der Waals surface area contributed by atoms with E-state index in [1.54, 1.807) is 25.3 Å². The molecule has 0 aliphatic carbocycles. The number of ether oxygens (including phenoxy) is 1. The summed E-state index contributed by atoms with van der Waals surface area (Å²) in [4.78, 5) is 27.3. The highest BCUT2D eigenvalue weighted by Gasteiger charge is 2.48. The van der Waals surface area contributed by atoms with Crippen molar-refractivity contribution >= 4 is 23.5 Å². The third-order valence-electron chi connectivity index (χ3n) is 6.32. The zero-order valence-electron chi connectivity index (χ0n) is 18.6. The van der Waals surface area contributed by atoms with Gasteiger partial charge in [-0.05, 0) is 53.8 Å². The van der Waals surface area contributed by atoms with Gasteiger partial charge in [-0.2, -0.15) is 0 Å². The Labute approximate surface area is 198 Å². The summed E-state index contributed by atoms with van der Waals surface area (Å²) in [7, 11) is 1.58. The number of nitrogens with zero attached hydrogens (tertiary/aromatic N) is 1. The minimum absolute atomic E-state index is 0.189. The van der Waals surface area contributed by atoms with Crippen LogP contribution in [-0.4, -0.2) is 41.6 Å². The molecule has 3 atom stereocenters. The average Bonchev–Trinajstić information content (AvgIpc) is 3.19. The standard InChI is InChI=1S/C27H26ClNO4/c1-17-7-3-4-8-21(17)18-11-13-19(14-12-18)26(30)29-24(27(31)32)15-20(16-33-2)25(29)22-9-5-6-10-23(22)28/h3-14,20,24-25H,15-16H2,1-2H3,(H,31,32)/t20-,24+,25-/m1/s1. The number of carbonyl (C=O) groups is 2. The monoisotopic (exact) mass is 463 g/mol. The van der Waals surface area contributed by atoms with Crippen molar-refractivity contribution in [1.29, 1.82) is 0 Å². The van der Waals surface area contributed by atoms with E-state index in [2.05, 4.69) is 0 Å². The van der Waals surface area contributed by atoms with Crippen molar-refractivity contribution in [2.45, 2.75) is 25.4 Å². The quantitative estimate of drug-likeness (QED) is 0.515. The SMILES string of the molecule is COC[C@H]1C[C@@H](C(=O)O)N(C(=O)c2ccc(-c3ccccc3C)cc2)[C@H]1c1ccccc1Cl. The zero-order chi connectivity index (χ0) is 23.5. The highest BCUT2D eigenvalue weighted by molar-refractivity contribution is 6.31. The van der Waals surface area contributed by atoms with Crippen molar-refractivity contribution in [1.82, 2.24) is 4.90 Å². The fraction of sp³-hybridized carbons (Fsp3) is 0.259.